The van der Waals surface area contributed by atoms with Crippen molar-refractivity contribution >= 4 is 5.91 Å². The number of aliphatic hydroxyl groups excluding tert-OH is 1. The zero-order valence-corrected chi connectivity index (χ0v) is 12.1. The number of aliphatic hydroxyl groups is 1. The van der Waals surface area contributed by atoms with Crippen LogP contribution in [0.15, 0.2) is 18.2 Å². The van der Waals surface area contributed by atoms with Crippen LogP contribution in [0.4, 0.5) is 8.78 Å². The first-order chi connectivity index (χ1) is 9.99. The number of halogens is 2. The molecule has 0 radical (unpaired) electrons. The molecule has 1 atom stereocenters. The number of benzene rings is 1. The highest BCUT2D eigenvalue weighted by Gasteiger charge is 2.25. The van der Waals surface area contributed by atoms with Crippen LogP contribution in [0.3, 0.4) is 0 Å². The van der Waals surface area contributed by atoms with Crippen molar-refractivity contribution in [2.75, 3.05) is 6.54 Å². The van der Waals surface area contributed by atoms with Gasteiger partial charge < -0.3 is 10.4 Å². The van der Waals surface area contributed by atoms with E-state index in [1.807, 2.05) is 0 Å². The molecule has 5 heteroatoms. The van der Waals surface area contributed by atoms with Crippen LogP contribution in [-0.2, 0) is 4.79 Å². The highest BCUT2D eigenvalue weighted by molar-refractivity contribution is 5.78. The maximum atomic E-state index is 13.5. The minimum Gasteiger partial charge on any atom is -0.386 e. The van der Waals surface area contributed by atoms with Crippen molar-refractivity contribution in [3.8, 4) is 0 Å². The van der Waals surface area contributed by atoms with Crippen molar-refractivity contribution in [2.24, 2.45) is 11.8 Å². The van der Waals surface area contributed by atoms with Gasteiger partial charge in [0.15, 0.2) is 0 Å². The van der Waals surface area contributed by atoms with Gasteiger partial charge >= 0.3 is 0 Å². The highest BCUT2D eigenvalue weighted by atomic mass is 19.1. The predicted octanol–water partition coefficient (Wildman–Crippen LogP) is 2.94. The molecule has 21 heavy (non-hydrogen) atoms. The van der Waals surface area contributed by atoms with E-state index in [2.05, 4.69) is 12.2 Å². The molecule has 1 aliphatic carbocycles. The molecule has 0 aromatic heterocycles. The average molecular weight is 297 g/mol. The summed E-state index contributed by atoms with van der Waals surface area (Å²) < 4.78 is 27.0. The second-order valence-electron chi connectivity index (χ2n) is 5.85. The molecule has 1 saturated carbocycles. The summed E-state index contributed by atoms with van der Waals surface area (Å²) in [5.74, 6) is -1.16. The summed E-state index contributed by atoms with van der Waals surface area (Å²) in [5.41, 5.74) is -0.393. The van der Waals surface area contributed by atoms with Crippen molar-refractivity contribution in [2.45, 2.75) is 38.7 Å². The second-order valence-corrected chi connectivity index (χ2v) is 5.85. The van der Waals surface area contributed by atoms with Crippen LogP contribution in [-0.4, -0.2) is 17.6 Å². The van der Waals surface area contributed by atoms with Gasteiger partial charge in [0.2, 0.25) is 5.91 Å². The van der Waals surface area contributed by atoms with Crippen molar-refractivity contribution < 1.29 is 18.7 Å². The van der Waals surface area contributed by atoms with E-state index in [4.69, 9.17) is 0 Å². The van der Waals surface area contributed by atoms with Gasteiger partial charge in [0, 0.05) is 12.5 Å². The molecule has 2 N–H and O–H groups in total. The summed E-state index contributed by atoms with van der Waals surface area (Å²) in [5, 5.41) is 12.5. The van der Waals surface area contributed by atoms with Gasteiger partial charge in [0.1, 0.15) is 17.7 Å². The zero-order valence-electron chi connectivity index (χ0n) is 12.1. The lowest BCUT2D eigenvalue weighted by Gasteiger charge is -2.25. The molecule has 116 valence electrons. The Balaban J connectivity index is 1.89. The lowest BCUT2D eigenvalue weighted by molar-refractivity contribution is -0.126. The third-order valence-corrected chi connectivity index (χ3v) is 4.19. The molecule has 1 amide bonds. The quantitative estimate of drug-likeness (QED) is 0.897. The fraction of sp³-hybridized carbons (Fsp3) is 0.562. The Morgan fingerprint density at radius 1 is 1.29 bits per heavy atom. The van der Waals surface area contributed by atoms with Crippen LogP contribution in [0.2, 0.25) is 0 Å². The Morgan fingerprint density at radius 3 is 2.43 bits per heavy atom. The van der Waals surface area contributed by atoms with Crippen LogP contribution in [0.5, 0.6) is 0 Å². The van der Waals surface area contributed by atoms with E-state index in [1.54, 1.807) is 0 Å². The minimum atomic E-state index is -1.38. The van der Waals surface area contributed by atoms with Gasteiger partial charge in [0.05, 0.1) is 5.56 Å². The second kappa shape index (κ2) is 6.98. The number of nitrogens with one attached hydrogen (secondary N) is 1. The fourth-order valence-electron chi connectivity index (χ4n) is 2.79. The van der Waals surface area contributed by atoms with Crippen molar-refractivity contribution in [1.29, 1.82) is 0 Å². The third-order valence-electron chi connectivity index (χ3n) is 4.19. The summed E-state index contributed by atoms with van der Waals surface area (Å²) in [6.45, 7) is 1.99. The van der Waals surface area contributed by atoms with Gasteiger partial charge in [0.25, 0.3) is 0 Å². The maximum Gasteiger partial charge on any atom is 0.223 e. The lowest BCUT2D eigenvalue weighted by atomic mass is 9.82. The molecule has 1 aromatic carbocycles. The molecule has 0 bridgehead atoms. The van der Waals surface area contributed by atoms with Gasteiger partial charge in [-0.05, 0) is 43.7 Å². The third kappa shape index (κ3) is 4.00. The van der Waals surface area contributed by atoms with Gasteiger partial charge in [-0.2, -0.15) is 0 Å². The Kier molecular flexibility index (Phi) is 5.28. The molecule has 2 rings (SSSR count). The van der Waals surface area contributed by atoms with E-state index < -0.39 is 23.3 Å². The predicted molar refractivity (Wildman–Crippen MR) is 75.4 cm³/mol. The summed E-state index contributed by atoms with van der Waals surface area (Å²) in [4.78, 5) is 12.0. The smallest absolute Gasteiger partial charge is 0.223 e. The van der Waals surface area contributed by atoms with Crippen LogP contribution in [0.1, 0.15) is 44.3 Å². The van der Waals surface area contributed by atoms with E-state index in [-0.39, 0.29) is 18.4 Å². The standard InChI is InChI=1S/C16H21F2NO2/c1-10-5-7-11(8-6-10)16(21)19-9-14(20)15-12(17)3-2-4-13(15)18/h2-4,10-11,14,20H,5-9H2,1H3,(H,19,21). The van der Waals surface area contributed by atoms with Crippen LogP contribution >= 0.6 is 0 Å². The molecule has 1 aliphatic rings. The lowest BCUT2D eigenvalue weighted by Crippen LogP contribution is -2.35. The SMILES string of the molecule is CC1CCC(C(=O)NCC(O)c2c(F)cccc2F)CC1. The van der Waals surface area contributed by atoms with Crippen molar-refractivity contribution in [3.05, 3.63) is 35.4 Å². The van der Waals surface area contributed by atoms with Crippen molar-refractivity contribution in [1.82, 2.24) is 5.32 Å². The summed E-state index contributed by atoms with van der Waals surface area (Å²) in [6.07, 6.45) is 2.32. The molecule has 0 heterocycles. The normalized spacial score (nSPS) is 23.6. The molecule has 0 spiro atoms. The molecule has 1 aromatic rings. The topological polar surface area (TPSA) is 49.3 Å². The maximum absolute atomic E-state index is 13.5. The molecule has 1 fully saturated rings. The van der Waals surface area contributed by atoms with E-state index in [9.17, 15) is 18.7 Å². The largest absolute Gasteiger partial charge is 0.386 e. The molecular weight excluding hydrogens is 276 g/mol. The minimum absolute atomic E-state index is 0.0566. The summed E-state index contributed by atoms with van der Waals surface area (Å²) in [7, 11) is 0. The number of hydrogen-bond donors (Lipinski definition) is 2. The molecule has 0 saturated heterocycles. The number of carbonyl (C=O) groups is 1. The number of amides is 1. The average Bonchev–Trinajstić information content (AvgIpc) is 2.45. The van der Waals surface area contributed by atoms with Crippen LogP contribution in [0.25, 0.3) is 0 Å². The van der Waals surface area contributed by atoms with Crippen molar-refractivity contribution in [3.63, 3.8) is 0 Å². The highest BCUT2D eigenvalue weighted by Crippen LogP contribution is 2.28. The summed E-state index contributed by atoms with van der Waals surface area (Å²) in [6, 6.07) is 3.42. The van der Waals surface area contributed by atoms with E-state index in [0.29, 0.717) is 5.92 Å². The van der Waals surface area contributed by atoms with Gasteiger partial charge in [-0.3, -0.25) is 4.79 Å². The first-order valence-corrected chi connectivity index (χ1v) is 7.38. The van der Waals surface area contributed by atoms with Gasteiger partial charge in [-0.1, -0.05) is 13.0 Å². The molecule has 3 nitrogen and oxygen atoms in total. The van der Waals surface area contributed by atoms with Crippen LogP contribution in [0, 0.1) is 23.5 Å². The number of rotatable bonds is 4. The molecule has 1 unspecified atom stereocenters. The van der Waals surface area contributed by atoms with Gasteiger partial charge in [-0.15, -0.1) is 0 Å². The Hall–Kier alpha value is -1.49. The summed E-state index contributed by atoms with van der Waals surface area (Å²) >= 11 is 0. The number of hydrogen-bond acceptors (Lipinski definition) is 2. The zero-order chi connectivity index (χ0) is 15.4. The first kappa shape index (κ1) is 15.9. The van der Waals surface area contributed by atoms with Crippen LogP contribution < -0.4 is 5.32 Å². The monoisotopic (exact) mass is 297 g/mol. The van der Waals surface area contributed by atoms with Gasteiger partial charge in [-0.25, -0.2) is 8.78 Å². The molecular formula is C16H21F2NO2. The number of carbonyl (C=O) groups excluding carboxylic acids is 1. The van der Waals surface area contributed by atoms with E-state index in [1.165, 1.54) is 6.07 Å². The first-order valence-electron chi connectivity index (χ1n) is 7.38. The Morgan fingerprint density at radius 2 is 1.86 bits per heavy atom. The fourth-order valence-corrected chi connectivity index (χ4v) is 2.79. The van der Waals surface area contributed by atoms with E-state index >= 15 is 0 Å². The molecule has 0 aliphatic heterocycles. The Labute approximate surface area is 123 Å². The Bertz CT molecular complexity index is 479. The van der Waals surface area contributed by atoms with E-state index in [0.717, 1.165) is 37.8 Å².